The van der Waals surface area contributed by atoms with Crippen LogP contribution in [0.15, 0.2) is 24.3 Å². The Balaban J connectivity index is 1.43. The summed E-state index contributed by atoms with van der Waals surface area (Å²) in [5.74, 6) is 1.28. The molecule has 28 heavy (non-hydrogen) atoms. The number of aromatic nitrogens is 2. The molecule has 1 amide bonds. The van der Waals surface area contributed by atoms with Gasteiger partial charge in [-0.1, -0.05) is 12.1 Å². The number of carbonyl (C=O) groups is 1. The van der Waals surface area contributed by atoms with Crippen LogP contribution in [0, 0.1) is 0 Å². The molecule has 1 saturated heterocycles. The number of nitrogens with zero attached hydrogens (tertiary/aromatic N) is 3. The summed E-state index contributed by atoms with van der Waals surface area (Å²) >= 11 is 0. The third-order valence-corrected chi connectivity index (χ3v) is 4.83. The molecule has 1 saturated carbocycles. The Labute approximate surface area is 165 Å². The van der Waals surface area contributed by atoms with E-state index >= 15 is 0 Å². The molecule has 2 aliphatic rings. The van der Waals surface area contributed by atoms with E-state index in [-0.39, 0.29) is 12.2 Å². The van der Waals surface area contributed by atoms with Crippen molar-refractivity contribution in [1.82, 2.24) is 14.9 Å². The minimum Gasteiger partial charge on any atom is -0.472 e. The monoisotopic (exact) mass is 384 g/mol. The first kappa shape index (κ1) is 18.8. The van der Waals surface area contributed by atoms with Gasteiger partial charge in [0.15, 0.2) is 5.82 Å². The van der Waals surface area contributed by atoms with E-state index in [9.17, 15) is 4.79 Å². The van der Waals surface area contributed by atoms with Gasteiger partial charge in [-0.3, -0.25) is 0 Å². The fourth-order valence-electron chi connectivity index (χ4n) is 3.22. The van der Waals surface area contributed by atoms with Crippen molar-refractivity contribution in [3.8, 4) is 5.88 Å². The Bertz CT molecular complexity index is 852. The lowest BCUT2D eigenvalue weighted by atomic mass is 10.1. The number of piperidine rings is 1. The van der Waals surface area contributed by atoms with Crippen molar-refractivity contribution in [3.63, 3.8) is 0 Å². The molecular weight excluding hydrogens is 356 g/mol. The highest BCUT2D eigenvalue weighted by Gasteiger charge is 2.29. The number of anilines is 1. The van der Waals surface area contributed by atoms with Gasteiger partial charge in [0, 0.05) is 32.0 Å². The minimum atomic E-state index is -0.478. The molecule has 150 valence electrons. The lowest BCUT2D eigenvalue weighted by Crippen LogP contribution is -2.44. The molecule has 1 aromatic carbocycles. The predicted molar refractivity (Wildman–Crippen MR) is 108 cm³/mol. The maximum absolute atomic E-state index is 12.2. The lowest BCUT2D eigenvalue weighted by Gasteiger charge is -2.33. The summed E-state index contributed by atoms with van der Waals surface area (Å²) in [7, 11) is 0. The number of carbonyl (C=O) groups excluding carboxylic acids is 1. The van der Waals surface area contributed by atoms with Crippen LogP contribution in [-0.2, 0) is 4.74 Å². The molecule has 0 spiro atoms. The van der Waals surface area contributed by atoms with E-state index in [1.807, 2.05) is 45.0 Å². The summed E-state index contributed by atoms with van der Waals surface area (Å²) in [4.78, 5) is 23.4. The van der Waals surface area contributed by atoms with Crippen molar-refractivity contribution < 1.29 is 14.3 Å². The molecule has 7 nitrogen and oxygen atoms in total. The highest BCUT2D eigenvalue weighted by Crippen LogP contribution is 2.31. The van der Waals surface area contributed by atoms with Crippen LogP contribution in [0.3, 0.4) is 0 Å². The molecule has 4 rings (SSSR count). The third kappa shape index (κ3) is 4.64. The van der Waals surface area contributed by atoms with Crippen LogP contribution in [0.1, 0.15) is 46.5 Å². The molecule has 0 bridgehead atoms. The lowest BCUT2D eigenvalue weighted by molar-refractivity contribution is 0.0123. The van der Waals surface area contributed by atoms with Gasteiger partial charge in [-0.2, -0.15) is 0 Å². The van der Waals surface area contributed by atoms with Crippen LogP contribution in [-0.4, -0.2) is 51.8 Å². The minimum absolute atomic E-state index is 0.00824. The fourth-order valence-corrected chi connectivity index (χ4v) is 3.22. The Kier molecular flexibility index (Phi) is 5.00. The summed E-state index contributed by atoms with van der Waals surface area (Å²) < 4.78 is 11.7. The van der Waals surface area contributed by atoms with Gasteiger partial charge in [-0.05, 0) is 45.7 Å². The number of likely N-dealkylation sites (tertiary alicyclic amines) is 1. The van der Waals surface area contributed by atoms with Gasteiger partial charge < -0.3 is 19.7 Å². The van der Waals surface area contributed by atoms with Crippen molar-refractivity contribution >= 4 is 22.9 Å². The van der Waals surface area contributed by atoms with Crippen molar-refractivity contribution in [3.05, 3.63) is 24.3 Å². The van der Waals surface area contributed by atoms with Gasteiger partial charge in [0.25, 0.3) is 5.88 Å². The highest BCUT2D eigenvalue weighted by atomic mass is 16.6. The van der Waals surface area contributed by atoms with Gasteiger partial charge in [-0.15, -0.1) is 0 Å². The first-order chi connectivity index (χ1) is 13.4. The average Bonchev–Trinajstić information content (AvgIpc) is 3.45. The van der Waals surface area contributed by atoms with Crippen LogP contribution in [0.4, 0.5) is 10.6 Å². The number of nitrogens with one attached hydrogen (secondary N) is 1. The summed E-state index contributed by atoms with van der Waals surface area (Å²) in [6.45, 7) is 6.88. The Morgan fingerprint density at radius 2 is 1.71 bits per heavy atom. The van der Waals surface area contributed by atoms with Crippen LogP contribution >= 0.6 is 0 Å². The standard InChI is InChI=1S/C21H28N4O3/c1-21(2,3)28-20(26)25-12-10-15(11-13-25)27-19-18(22-14-8-9-14)23-16-6-4-5-7-17(16)24-19/h4-7,14-15H,8-13H2,1-3H3,(H,22,23). The number of hydrogen-bond acceptors (Lipinski definition) is 6. The fraction of sp³-hybridized carbons (Fsp3) is 0.571. The number of hydrogen-bond donors (Lipinski definition) is 1. The van der Waals surface area contributed by atoms with Crippen LogP contribution in [0.5, 0.6) is 5.88 Å². The predicted octanol–water partition coefficient (Wildman–Crippen LogP) is 3.98. The molecule has 1 aliphatic heterocycles. The van der Waals surface area contributed by atoms with Crippen LogP contribution in [0.25, 0.3) is 11.0 Å². The normalized spacial score (nSPS) is 18.2. The molecule has 0 radical (unpaired) electrons. The SMILES string of the molecule is CC(C)(C)OC(=O)N1CCC(Oc2nc3ccccc3nc2NC2CC2)CC1. The molecule has 1 aliphatic carbocycles. The molecule has 2 fully saturated rings. The van der Waals surface area contributed by atoms with Gasteiger partial charge in [0.05, 0.1) is 11.0 Å². The van der Waals surface area contributed by atoms with Gasteiger partial charge in [-0.25, -0.2) is 14.8 Å². The number of ether oxygens (including phenoxy) is 2. The van der Waals surface area contributed by atoms with Gasteiger partial charge in [0.2, 0.25) is 0 Å². The second-order valence-corrected chi connectivity index (χ2v) is 8.57. The van der Waals surface area contributed by atoms with E-state index in [1.54, 1.807) is 4.90 Å². The number of benzene rings is 1. The zero-order chi connectivity index (χ0) is 19.7. The molecule has 1 aromatic heterocycles. The first-order valence-electron chi connectivity index (χ1n) is 10.1. The zero-order valence-corrected chi connectivity index (χ0v) is 16.8. The van der Waals surface area contributed by atoms with Crippen molar-refractivity contribution in [2.24, 2.45) is 0 Å². The summed E-state index contributed by atoms with van der Waals surface area (Å²) in [6.07, 6.45) is 3.55. The number of rotatable bonds is 4. The van der Waals surface area contributed by atoms with E-state index in [0.717, 1.165) is 42.5 Å². The Hall–Kier alpha value is -2.57. The van der Waals surface area contributed by atoms with Crippen LogP contribution in [0.2, 0.25) is 0 Å². The van der Waals surface area contributed by atoms with E-state index < -0.39 is 5.60 Å². The average molecular weight is 384 g/mol. The first-order valence-corrected chi connectivity index (χ1v) is 10.1. The van der Waals surface area contributed by atoms with Gasteiger partial charge in [0.1, 0.15) is 11.7 Å². The molecular formula is C21H28N4O3. The Morgan fingerprint density at radius 3 is 2.32 bits per heavy atom. The van der Waals surface area contributed by atoms with Crippen molar-refractivity contribution in [1.29, 1.82) is 0 Å². The van der Waals surface area contributed by atoms with Crippen molar-refractivity contribution in [2.75, 3.05) is 18.4 Å². The topological polar surface area (TPSA) is 76.6 Å². The van der Waals surface area contributed by atoms with Crippen molar-refractivity contribution in [2.45, 2.75) is 64.2 Å². The number of fused-ring (bicyclic) bond motifs is 1. The van der Waals surface area contributed by atoms with Crippen LogP contribution < -0.4 is 10.1 Å². The summed E-state index contributed by atoms with van der Waals surface area (Å²) in [6, 6.07) is 8.29. The Morgan fingerprint density at radius 1 is 1.07 bits per heavy atom. The van der Waals surface area contributed by atoms with E-state index in [0.29, 0.717) is 25.0 Å². The van der Waals surface area contributed by atoms with Gasteiger partial charge >= 0.3 is 6.09 Å². The van der Waals surface area contributed by atoms with E-state index in [1.165, 1.54) is 0 Å². The maximum atomic E-state index is 12.2. The molecule has 7 heteroatoms. The quantitative estimate of drug-likeness (QED) is 0.859. The second-order valence-electron chi connectivity index (χ2n) is 8.57. The third-order valence-electron chi connectivity index (χ3n) is 4.83. The van der Waals surface area contributed by atoms with E-state index in [4.69, 9.17) is 19.4 Å². The molecule has 2 aromatic rings. The summed E-state index contributed by atoms with van der Waals surface area (Å²) in [5, 5.41) is 3.44. The molecule has 2 heterocycles. The highest BCUT2D eigenvalue weighted by molar-refractivity contribution is 5.77. The largest absolute Gasteiger partial charge is 0.472 e. The molecule has 0 atom stereocenters. The zero-order valence-electron chi connectivity index (χ0n) is 16.8. The summed E-state index contributed by atoms with van der Waals surface area (Å²) in [5.41, 5.74) is 1.21. The smallest absolute Gasteiger partial charge is 0.410 e. The number of amides is 1. The second kappa shape index (κ2) is 7.45. The molecule has 0 unspecified atom stereocenters. The number of para-hydroxylation sites is 2. The molecule has 1 N–H and O–H groups in total. The maximum Gasteiger partial charge on any atom is 0.410 e. The van der Waals surface area contributed by atoms with E-state index in [2.05, 4.69) is 5.32 Å².